The molecule has 4 nitrogen and oxygen atoms in total. The molecule has 4 heteroatoms. The predicted octanol–water partition coefficient (Wildman–Crippen LogP) is -0.807. The van der Waals surface area contributed by atoms with Crippen molar-refractivity contribution < 1.29 is 9.90 Å². The quantitative estimate of drug-likeness (QED) is 0.446. The summed E-state index contributed by atoms with van der Waals surface area (Å²) in [7, 11) is 0. The normalized spacial score (nSPS) is 41.8. The molecule has 2 aliphatic rings. The van der Waals surface area contributed by atoms with Crippen molar-refractivity contribution >= 4 is 5.91 Å². The lowest BCUT2D eigenvalue weighted by molar-refractivity contribution is -0.130. The highest BCUT2D eigenvalue weighted by molar-refractivity contribution is 5.80. The third-order valence-electron chi connectivity index (χ3n) is 2.79. The second-order valence-electron chi connectivity index (χ2n) is 3.60. The molecule has 12 heavy (non-hydrogen) atoms. The van der Waals surface area contributed by atoms with Crippen LogP contribution in [0.3, 0.4) is 0 Å². The molecule has 1 amide bonds. The Morgan fingerprint density at radius 2 is 2.25 bits per heavy atom. The molecule has 3 atom stereocenters. The Bertz CT molecular complexity index is 195. The Morgan fingerprint density at radius 3 is 3.08 bits per heavy atom. The van der Waals surface area contributed by atoms with Gasteiger partial charge in [0.05, 0.1) is 18.7 Å². The van der Waals surface area contributed by atoms with Gasteiger partial charge in [-0.1, -0.05) is 0 Å². The van der Waals surface area contributed by atoms with Crippen LogP contribution in [0.4, 0.5) is 0 Å². The summed E-state index contributed by atoms with van der Waals surface area (Å²) in [5, 5.41) is 15.3. The van der Waals surface area contributed by atoms with Crippen LogP contribution in [0.2, 0.25) is 0 Å². The number of carbonyl (C=O) groups is 1. The summed E-state index contributed by atoms with van der Waals surface area (Å²) in [5.41, 5.74) is 0. The molecule has 0 aromatic rings. The molecule has 2 rings (SSSR count). The minimum Gasteiger partial charge on any atom is -0.393 e. The lowest BCUT2D eigenvalue weighted by Crippen LogP contribution is -2.57. The SMILES string of the molecule is O=C1NCNC2CCC(O)CC12. The highest BCUT2D eigenvalue weighted by Crippen LogP contribution is 2.26. The van der Waals surface area contributed by atoms with Crippen LogP contribution in [0.25, 0.3) is 0 Å². The summed E-state index contributed by atoms with van der Waals surface area (Å²) in [6, 6.07) is 0.294. The topological polar surface area (TPSA) is 61.4 Å². The van der Waals surface area contributed by atoms with Crippen molar-refractivity contribution in [2.75, 3.05) is 6.67 Å². The van der Waals surface area contributed by atoms with E-state index in [1.807, 2.05) is 0 Å². The second kappa shape index (κ2) is 3.03. The first kappa shape index (κ1) is 8.01. The molecule has 0 radical (unpaired) electrons. The molecule has 1 saturated heterocycles. The number of aliphatic hydroxyl groups is 1. The Labute approximate surface area is 71.3 Å². The Hall–Kier alpha value is -0.610. The van der Waals surface area contributed by atoms with E-state index < -0.39 is 0 Å². The number of carbonyl (C=O) groups excluding carboxylic acids is 1. The van der Waals surface area contributed by atoms with Gasteiger partial charge in [-0.2, -0.15) is 0 Å². The number of hydrogen-bond acceptors (Lipinski definition) is 3. The van der Waals surface area contributed by atoms with Gasteiger partial charge in [0.15, 0.2) is 0 Å². The Kier molecular flexibility index (Phi) is 2.02. The largest absolute Gasteiger partial charge is 0.393 e. The summed E-state index contributed by atoms with van der Waals surface area (Å²) in [5.74, 6) is 0.0833. The van der Waals surface area contributed by atoms with Crippen LogP contribution in [0, 0.1) is 5.92 Å². The zero-order chi connectivity index (χ0) is 8.55. The van der Waals surface area contributed by atoms with Crippen molar-refractivity contribution in [2.45, 2.75) is 31.4 Å². The standard InChI is InChI=1S/C8H14N2O2/c11-5-1-2-7-6(3-5)8(12)10-4-9-7/h5-7,9,11H,1-4H2,(H,10,12). The molecule has 68 valence electrons. The van der Waals surface area contributed by atoms with Gasteiger partial charge in [0.1, 0.15) is 0 Å². The van der Waals surface area contributed by atoms with Gasteiger partial charge in [0.25, 0.3) is 0 Å². The number of fused-ring (bicyclic) bond motifs is 1. The maximum absolute atomic E-state index is 11.3. The maximum atomic E-state index is 11.3. The molecule has 3 unspecified atom stereocenters. The van der Waals surface area contributed by atoms with Gasteiger partial charge in [-0.3, -0.25) is 10.1 Å². The van der Waals surface area contributed by atoms with E-state index in [2.05, 4.69) is 10.6 Å². The zero-order valence-corrected chi connectivity index (χ0v) is 6.92. The van der Waals surface area contributed by atoms with Crippen molar-refractivity contribution in [3.05, 3.63) is 0 Å². The summed E-state index contributed by atoms with van der Waals surface area (Å²) in [6.45, 7) is 0.579. The van der Waals surface area contributed by atoms with E-state index in [-0.39, 0.29) is 17.9 Å². The Balaban J connectivity index is 2.05. The van der Waals surface area contributed by atoms with Crippen LogP contribution in [0.1, 0.15) is 19.3 Å². The number of aliphatic hydroxyl groups excluding tert-OH is 1. The van der Waals surface area contributed by atoms with E-state index in [1.165, 1.54) is 0 Å². The van der Waals surface area contributed by atoms with Gasteiger partial charge in [0, 0.05) is 6.04 Å². The van der Waals surface area contributed by atoms with Crippen LogP contribution in [0.5, 0.6) is 0 Å². The van der Waals surface area contributed by atoms with Crippen LogP contribution in [-0.2, 0) is 4.79 Å². The number of hydrogen-bond donors (Lipinski definition) is 3. The van der Waals surface area contributed by atoms with Crippen LogP contribution < -0.4 is 10.6 Å². The van der Waals surface area contributed by atoms with Crippen LogP contribution in [0.15, 0.2) is 0 Å². The van der Waals surface area contributed by atoms with E-state index in [0.29, 0.717) is 19.1 Å². The monoisotopic (exact) mass is 170 g/mol. The summed E-state index contributed by atoms with van der Waals surface area (Å²) in [4.78, 5) is 11.3. The van der Waals surface area contributed by atoms with E-state index in [1.54, 1.807) is 0 Å². The minimum atomic E-state index is -0.281. The van der Waals surface area contributed by atoms with Crippen molar-refractivity contribution in [1.29, 1.82) is 0 Å². The van der Waals surface area contributed by atoms with Gasteiger partial charge >= 0.3 is 0 Å². The first-order chi connectivity index (χ1) is 5.77. The van der Waals surface area contributed by atoms with Gasteiger partial charge in [-0.25, -0.2) is 0 Å². The molecule has 0 spiro atoms. The van der Waals surface area contributed by atoms with Crippen molar-refractivity contribution in [1.82, 2.24) is 10.6 Å². The molecule has 0 aromatic heterocycles. The van der Waals surface area contributed by atoms with E-state index in [9.17, 15) is 9.90 Å². The average Bonchev–Trinajstić information content (AvgIpc) is 2.07. The fourth-order valence-electron chi connectivity index (χ4n) is 2.08. The lowest BCUT2D eigenvalue weighted by atomic mass is 9.81. The van der Waals surface area contributed by atoms with Gasteiger partial charge in [0.2, 0.25) is 5.91 Å². The first-order valence-corrected chi connectivity index (χ1v) is 4.46. The third-order valence-corrected chi connectivity index (χ3v) is 2.79. The minimum absolute atomic E-state index is 0.0116. The lowest BCUT2D eigenvalue weighted by Gasteiger charge is -2.37. The predicted molar refractivity (Wildman–Crippen MR) is 43.3 cm³/mol. The zero-order valence-electron chi connectivity index (χ0n) is 6.92. The second-order valence-corrected chi connectivity index (χ2v) is 3.60. The van der Waals surface area contributed by atoms with Gasteiger partial charge in [-0.15, -0.1) is 0 Å². The highest BCUT2D eigenvalue weighted by Gasteiger charge is 2.36. The summed E-state index contributed by atoms with van der Waals surface area (Å²) >= 11 is 0. The fourth-order valence-corrected chi connectivity index (χ4v) is 2.08. The van der Waals surface area contributed by atoms with Gasteiger partial charge < -0.3 is 10.4 Å². The number of rotatable bonds is 0. The number of amides is 1. The molecule has 1 saturated carbocycles. The number of nitrogens with one attached hydrogen (secondary N) is 2. The van der Waals surface area contributed by atoms with Crippen LogP contribution >= 0.6 is 0 Å². The van der Waals surface area contributed by atoms with Crippen molar-refractivity contribution in [3.8, 4) is 0 Å². The van der Waals surface area contributed by atoms with Crippen molar-refractivity contribution in [2.24, 2.45) is 5.92 Å². The highest BCUT2D eigenvalue weighted by atomic mass is 16.3. The average molecular weight is 170 g/mol. The van der Waals surface area contributed by atoms with E-state index >= 15 is 0 Å². The van der Waals surface area contributed by atoms with Crippen molar-refractivity contribution in [3.63, 3.8) is 0 Å². The first-order valence-electron chi connectivity index (χ1n) is 4.46. The summed E-state index contributed by atoms with van der Waals surface area (Å²) in [6.07, 6.45) is 2.07. The molecule has 2 fully saturated rings. The molecule has 1 heterocycles. The molecule has 0 bridgehead atoms. The molecule has 0 aromatic carbocycles. The fraction of sp³-hybridized carbons (Fsp3) is 0.875. The molecular formula is C8H14N2O2. The maximum Gasteiger partial charge on any atom is 0.225 e. The van der Waals surface area contributed by atoms with E-state index in [4.69, 9.17) is 0 Å². The smallest absolute Gasteiger partial charge is 0.225 e. The van der Waals surface area contributed by atoms with Gasteiger partial charge in [-0.05, 0) is 19.3 Å². The summed E-state index contributed by atoms with van der Waals surface area (Å²) < 4.78 is 0. The third kappa shape index (κ3) is 1.32. The van der Waals surface area contributed by atoms with Crippen LogP contribution in [-0.4, -0.2) is 29.8 Å². The molecule has 3 N–H and O–H groups in total. The molecular weight excluding hydrogens is 156 g/mol. The molecule has 1 aliphatic carbocycles. The Morgan fingerprint density at radius 1 is 1.42 bits per heavy atom. The molecule has 1 aliphatic heterocycles. The van der Waals surface area contributed by atoms with E-state index in [0.717, 1.165) is 12.8 Å².